The quantitative estimate of drug-likeness (QED) is 0.441. The summed E-state index contributed by atoms with van der Waals surface area (Å²) in [6.07, 6.45) is 7.98. The van der Waals surface area contributed by atoms with Gasteiger partial charge in [-0.1, -0.05) is 17.8 Å². The predicted octanol–water partition coefficient (Wildman–Crippen LogP) is 3.88. The van der Waals surface area contributed by atoms with Crippen LogP contribution in [0.1, 0.15) is 41.3 Å². The van der Waals surface area contributed by atoms with Crippen LogP contribution in [0, 0.1) is 6.92 Å². The molecule has 0 bridgehead atoms. The summed E-state index contributed by atoms with van der Waals surface area (Å²) in [7, 11) is 0. The first kappa shape index (κ1) is 20.0. The molecular formula is C21H23N5OS2. The molecule has 29 heavy (non-hydrogen) atoms. The fraction of sp³-hybridized carbons (Fsp3) is 0.381. The Kier molecular flexibility index (Phi) is 6.51. The molecule has 1 fully saturated rings. The van der Waals surface area contributed by atoms with Crippen LogP contribution in [-0.4, -0.2) is 43.8 Å². The number of carbonyl (C=O) groups excluding carboxylic acids is 1. The SMILES string of the molecule is Cc1cnc(SCc2cccnc2)nc1[C@@H]1CCCN(C(=O)Cc2cscn2)C1. The van der Waals surface area contributed by atoms with Gasteiger partial charge in [0, 0.05) is 48.7 Å². The van der Waals surface area contributed by atoms with Gasteiger partial charge in [-0.05, 0) is 37.0 Å². The summed E-state index contributed by atoms with van der Waals surface area (Å²) in [6.45, 7) is 3.58. The lowest BCUT2D eigenvalue weighted by molar-refractivity contribution is -0.131. The van der Waals surface area contributed by atoms with E-state index in [1.165, 1.54) is 11.3 Å². The van der Waals surface area contributed by atoms with Gasteiger partial charge < -0.3 is 4.90 Å². The van der Waals surface area contributed by atoms with E-state index in [4.69, 9.17) is 4.98 Å². The van der Waals surface area contributed by atoms with Crippen molar-refractivity contribution in [2.24, 2.45) is 0 Å². The van der Waals surface area contributed by atoms with E-state index in [0.717, 1.165) is 52.8 Å². The Morgan fingerprint density at radius 1 is 1.34 bits per heavy atom. The van der Waals surface area contributed by atoms with Gasteiger partial charge in [-0.15, -0.1) is 11.3 Å². The van der Waals surface area contributed by atoms with E-state index >= 15 is 0 Å². The summed E-state index contributed by atoms with van der Waals surface area (Å²) in [5.41, 5.74) is 5.94. The molecule has 0 aromatic carbocycles. The number of aryl methyl sites for hydroxylation is 1. The predicted molar refractivity (Wildman–Crippen MR) is 115 cm³/mol. The molecule has 1 aliphatic rings. The molecular weight excluding hydrogens is 402 g/mol. The maximum atomic E-state index is 12.7. The molecule has 1 amide bonds. The summed E-state index contributed by atoms with van der Waals surface area (Å²) in [6, 6.07) is 4.00. The van der Waals surface area contributed by atoms with Crippen LogP contribution in [0.15, 0.2) is 46.8 Å². The molecule has 0 spiro atoms. The van der Waals surface area contributed by atoms with Crippen LogP contribution in [0.3, 0.4) is 0 Å². The molecule has 1 aliphatic heterocycles. The van der Waals surface area contributed by atoms with Gasteiger partial charge in [-0.2, -0.15) is 0 Å². The highest BCUT2D eigenvalue weighted by molar-refractivity contribution is 7.98. The average Bonchev–Trinajstić information content (AvgIpc) is 3.27. The second kappa shape index (κ2) is 9.45. The van der Waals surface area contributed by atoms with Crippen LogP contribution in [0.25, 0.3) is 0 Å². The topological polar surface area (TPSA) is 71.9 Å². The summed E-state index contributed by atoms with van der Waals surface area (Å²) < 4.78 is 0. The molecule has 0 aliphatic carbocycles. The number of carbonyl (C=O) groups is 1. The average molecular weight is 426 g/mol. The van der Waals surface area contributed by atoms with E-state index in [2.05, 4.69) is 27.9 Å². The minimum atomic E-state index is 0.151. The lowest BCUT2D eigenvalue weighted by Gasteiger charge is -2.33. The van der Waals surface area contributed by atoms with E-state index < -0.39 is 0 Å². The molecule has 150 valence electrons. The number of piperidine rings is 1. The molecule has 6 nitrogen and oxygen atoms in total. The second-order valence-corrected chi connectivity index (χ2v) is 8.87. The van der Waals surface area contributed by atoms with Gasteiger partial charge in [0.1, 0.15) is 0 Å². The van der Waals surface area contributed by atoms with Crippen molar-refractivity contribution in [2.45, 2.75) is 43.0 Å². The molecule has 3 aromatic heterocycles. The molecule has 3 aromatic rings. The fourth-order valence-electron chi connectivity index (χ4n) is 3.57. The van der Waals surface area contributed by atoms with Gasteiger partial charge >= 0.3 is 0 Å². The van der Waals surface area contributed by atoms with Crippen molar-refractivity contribution < 1.29 is 4.79 Å². The first-order valence-corrected chi connectivity index (χ1v) is 11.6. The molecule has 0 N–H and O–H groups in total. The van der Waals surface area contributed by atoms with Crippen LogP contribution >= 0.6 is 23.1 Å². The molecule has 1 atom stereocenters. The van der Waals surface area contributed by atoms with Gasteiger partial charge in [-0.3, -0.25) is 9.78 Å². The first-order valence-electron chi connectivity index (χ1n) is 9.69. The zero-order valence-corrected chi connectivity index (χ0v) is 18.0. The Morgan fingerprint density at radius 2 is 2.28 bits per heavy atom. The molecule has 1 saturated heterocycles. The molecule has 0 unspecified atom stereocenters. The number of rotatable bonds is 6. The number of hydrogen-bond donors (Lipinski definition) is 0. The lowest BCUT2D eigenvalue weighted by atomic mass is 9.92. The number of pyridine rings is 1. The third-order valence-electron chi connectivity index (χ3n) is 5.06. The fourth-order valence-corrected chi connectivity index (χ4v) is 4.89. The smallest absolute Gasteiger partial charge is 0.228 e. The van der Waals surface area contributed by atoms with Gasteiger partial charge in [0.15, 0.2) is 5.16 Å². The van der Waals surface area contributed by atoms with Gasteiger partial charge in [0.2, 0.25) is 5.91 Å². The highest BCUT2D eigenvalue weighted by atomic mass is 32.2. The standard InChI is InChI=1S/C21H23N5OS2/c1-15-9-23-21(29-12-16-4-2-6-22-10-16)25-20(15)17-5-3-7-26(11-17)19(27)8-18-13-28-14-24-18/h2,4,6,9-10,13-14,17H,3,5,7-8,11-12H2,1H3/t17-/m1/s1. The van der Waals surface area contributed by atoms with E-state index in [1.54, 1.807) is 23.5 Å². The van der Waals surface area contributed by atoms with Gasteiger partial charge in [0.05, 0.1) is 23.3 Å². The Balaban J connectivity index is 1.43. The van der Waals surface area contributed by atoms with Crippen LogP contribution < -0.4 is 0 Å². The maximum Gasteiger partial charge on any atom is 0.228 e. The van der Waals surface area contributed by atoms with Crippen molar-refractivity contribution in [1.82, 2.24) is 24.8 Å². The third-order valence-corrected chi connectivity index (χ3v) is 6.62. The zero-order valence-electron chi connectivity index (χ0n) is 16.3. The molecule has 4 heterocycles. The Morgan fingerprint density at radius 3 is 3.07 bits per heavy atom. The zero-order chi connectivity index (χ0) is 20.1. The number of thioether (sulfide) groups is 1. The second-order valence-electron chi connectivity index (χ2n) is 7.21. The Labute approximate surface area is 178 Å². The third kappa shape index (κ3) is 5.19. The monoisotopic (exact) mass is 425 g/mol. The van der Waals surface area contributed by atoms with Crippen molar-refractivity contribution in [3.05, 3.63) is 64.1 Å². The summed E-state index contributed by atoms with van der Waals surface area (Å²) >= 11 is 3.15. The maximum absolute atomic E-state index is 12.7. The number of hydrogen-bond acceptors (Lipinski definition) is 7. The molecule has 8 heteroatoms. The Hall–Kier alpha value is -2.32. The molecule has 0 saturated carbocycles. The van der Waals surface area contributed by atoms with E-state index in [9.17, 15) is 4.79 Å². The van der Waals surface area contributed by atoms with Crippen molar-refractivity contribution in [2.75, 3.05) is 13.1 Å². The number of thiazole rings is 1. The summed E-state index contributed by atoms with van der Waals surface area (Å²) in [4.78, 5) is 32.4. The Bertz CT molecular complexity index is 949. The molecule has 4 rings (SSSR count). The first-order chi connectivity index (χ1) is 14.2. The summed E-state index contributed by atoms with van der Waals surface area (Å²) in [5, 5.41) is 2.72. The van der Waals surface area contributed by atoms with Crippen LogP contribution in [0.4, 0.5) is 0 Å². The van der Waals surface area contributed by atoms with Crippen molar-refractivity contribution in [1.29, 1.82) is 0 Å². The van der Waals surface area contributed by atoms with E-state index in [-0.39, 0.29) is 11.8 Å². The minimum absolute atomic E-state index is 0.151. The largest absolute Gasteiger partial charge is 0.342 e. The van der Waals surface area contributed by atoms with Crippen LogP contribution in [-0.2, 0) is 17.0 Å². The van der Waals surface area contributed by atoms with Gasteiger partial charge in [-0.25, -0.2) is 15.0 Å². The highest BCUT2D eigenvalue weighted by Crippen LogP contribution is 2.30. The van der Waals surface area contributed by atoms with Crippen molar-refractivity contribution in [3.63, 3.8) is 0 Å². The normalized spacial score (nSPS) is 16.7. The van der Waals surface area contributed by atoms with Gasteiger partial charge in [0.25, 0.3) is 0 Å². The van der Waals surface area contributed by atoms with Crippen LogP contribution in [0.5, 0.6) is 0 Å². The van der Waals surface area contributed by atoms with Crippen molar-refractivity contribution >= 4 is 29.0 Å². The van der Waals surface area contributed by atoms with E-state index in [0.29, 0.717) is 13.0 Å². The van der Waals surface area contributed by atoms with Crippen LogP contribution in [0.2, 0.25) is 0 Å². The number of nitrogens with zero attached hydrogens (tertiary/aromatic N) is 5. The molecule has 0 radical (unpaired) electrons. The lowest BCUT2D eigenvalue weighted by Crippen LogP contribution is -2.40. The number of amides is 1. The number of aromatic nitrogens is 4. The summed E-state index contributed by atoms with van der Waals surface area (Å²) in [5.74, 6) is 1.20. The highest BCUT2D eigenvalue weighted by Gasteiger charge is 2.27. The van der Waals surface area contributed by atoms with E-state index in [1.807, 2.05) is 28.7 Å². The van der Waals surface area contributed by atoms with Crippen molar-refractivity contribution in [3.8, 4) is 0 Å². The minimum Gasteiger partial charge on any atom is -0.342 e. The number of likely N-dealkylation sites (tertiary alicyclic amines) is 1.